The van der Waals surface area contributed by atoms with Gasteiger partial charge in [0.05, 0.1) is 0 Å². The highest BCUT2D eigenvalue weighted by molar-refractivity contribution is 7.85. The Morgan fingerprint density at radius 3 is 1.79 bits per heavy atom. The molecule has 0 aromatic heterocycles. The Morgan fingerprint density at radius 1 is 0.816 bits per heavy atom. The summed E-state index contributed by atoms with van der Waals surface area (Å²) in [6.07, 6.45) is 1.04. The molecule has 9 nitrogen and oxygen atoms in total. The lowest BCUT2D eigenvalue weighted by atomic mass is 10.1. The summed E-state index contributed by atoms with van der Waals surface area (Å²) in [6, 6.07) is 26.2. The second-order valence-electron chi connectivity index (χ2n) is 8.50. The molecule has 0 aliphatic heterocycles. The number of nitrogens with two attached hydrogens (primary N) is 1. The molecule has 3 rings (SSSR count). The van der Waals surface area contributed by atoms with Gasteiger partial charge in [0.2, 0.25) is 0 Å². The molecular weight excluding hydrogens is 508 g/mol. The zero-order valence-corrected chi connectivity index (χ0v) is 21.9. The van der Waals surface area contributed by atoms with Crippen molar-refractivity contribution in [3.63, 3.8) is 0 Å². The number of nitrogens with zero attached hydrogens (tertiary/aromatic N) is 1. The molecule has 0 radical (unpaired) electrons. The highest BCUT2D eigenvalue weighted by Gasteiger charge is 2.30. The second kappa shape index (κ2) is 16.2. The largest absolute Gasteiger partial charge is 0.480 e. The van der Waals surface area contributed by atoms with Crippen molar-refractivity contribution in [2.24, 2.45) is 5.73 Å². The number of benzene rings is 3. The lowest BCUT2D eigenvalue weighted by Crippen LogP contribution is -2.45. The number of hydrogen-bond acceptors (Lipinski definition) is 6. The van der Waals surface area contributed by atoms with E-state index < -0.39 is 28.2 Å². The van der Waals surface area contributed by atoms with E-state index in [1.165, 1.54) is 4.90 Å². The maximum absolute atomic E-state index is 12.7. The van der Waals surface area contributed by atoms with Crippen molar-refractivity contribution in [3.05, 3.63) is 108 Å². The SMILES string of the molecule is NCCCC[C@H](C(=O)O)N(Cc1ccccc1)C(=O)OCc1ccccc1.O=S(=O)(O)Cc1ccccc1. The Hall–Kier alpha value is -3.73. The van der Waals surface area contributed by atoms with E-state index in [1.54, 1.807) is 30.3 Å². The molecule has 0 aliphatic carbocycles. The Morgan fingerprint density at radius 2 is 1.32 bits per heavy atom. The molecule has 10 heteroatoms. The van der Waals surface area contributed by atoms with Crippen molar-refractivity contribution in [3.8, 4) is 0 Å². The molecule has 0 saturated carbocycles. The maximum Gasteiger partial charge on any atom is 0.411 e. The van der Waals surface area contributed by atoms with Crippen LogP contribution in [0.15, 0.2) is 91.0 Å². The third kappa shape index (κ3) is 12.0. The summed E-state index contributed by atoms with van der Waals surface area (Å²) in [5.74, 6) is -1.35. The standard InChI is InChI=1S/C21H26N2O4.C7H8O3S/c22-14-8-7-13-19(20(24)25)23(15-17-9-3-1-4-10-17)21(26)27-16-18-11-5-2-6-12-18;8-11(9,10)6-7-4-2-1-3-5-7/h1-6,9-12,19H,7-8,13-16,22H2,(H,24,25);1-5H,6H2,(H,8,9,10)/t19-;/m1./s1. The molecule has 204 valence electrons. The zero-order chi connectivity index (χ0) is 27.8. The highest BCUT2D eigenvalue weighted by Crippen LogP contribution is 2.16. The third-order valence-electron chi connectivity index (χ3n) is 5.42. The summed E-state index contributed by atoms with van der Waals surface area (Å²) >= 11 is 0. The van der Waals surface area contributed by atoms with Gasteiger partial charge in [-0.05, 0) is 42.5 Å². The fourth-order valence-electron chi connectivity index (χ4n) is 3.56. The smallest absolute Gasteiger partial charge is 0.411 e. The molecular formula is C28H34N2O7S. The van der Waals surface area contributed by atoms with Crippen LogP contribution in [0.1, 0.15) is 36.0 Å². The summed E-state index contributed by atoms with van der Waals surface area (Å²) in [5.41, 5.74) is 7.80. The summed E-state index contributed by atoms with van der Waals surface area (Å²) in [4.78, 5) is 25.8. The predicted molar refractivity (Wildman–Crippen MR) is 145 cm³/mol. The first-order valence-electron chi connectivity index (χ1n) is 12.1. The van der Waals surface area contributed by atoms with Gasteiger partial charge < -0.3 is 15.6 Å². The first-order chi connectivity index (χ1) is 18.2. The highest BCUT2D eigenvalue weighted by atomic mass is 32.2. The van der Waals surface area contributed by atoms with E-state index >= 15 is 0 Å². The average molecular weight is 543 g/mol. The molecule has 0 saturated heterocycles. The van der Waals surface area contributed by atoms with Gasteiger partial charge in [-0.3, -0.25) is 9.45 Å². The molecule has 1 amide bonds. The van der Waals surface area contributed by atoms with Crippen LogP contribution >= 0.6 is 0 Å². The Bertz CT molecular complexity index is 1210. The number of carboxylic acids is 1. The number of carbonyl (C=O) groups excluding carboxylic acids is 1. The molecule has 0 heterocycles. The summed E-state index contributed by atoms with van der Waals surface area (Å²) < 4.78 is 34.6. The van der Waals surface area contributed by atoms with E-state index in [0.717, 1.165) is 11.1 Å². The second-order valence-corrected chi connectivity index (χ2v) is 9.96. The normalized spacial score (nSPS) is 11.5. The lowest BCUT2D eigenvalue weighted by Gasteiger charge is -2.28. The topological polar surface area (TPSA) is 147 Å². The van der Waals surface area contributed by atoms with Crippen molar-refractivity contribution in [2.75, 3.05) is 6.54 Å². The number of aliphatic carboxylic acids is 1. The van der Waals surface area contributed by atoms with Crippen LogP contribution in [-0.2, 0) is 38.6 Å². The maximum atomic E-state index is 12.7. The molecule has 0 aliphatic rings. The van der Waals surface area contributed by atoms with Crippen LogP contribution in [0, 0.1) is 0 Å². The fourth-order valence-corrected chi connectivity index (χ4v) is 4.18. The first kappa shape index (κ1) is 30.5. The van der Waals surface area contributed by atoms with Crippen molar-refractivity contribution in [2.45, 2.75) is 44.2 Å². The van der Waals surface area contributed by atoms with E-state index in [0.29, 0.717) is 31.4 Å². The van der Waals surface area contributed by atoms with Gasteiger partial charge in [-0.2, -0.15) is 8.42 Å². The number of carbonyl (C=O) groups is 2. The van der Waals surface area contributed by atoms with Gasteiger partial charge >= 0.3 is 12.1 Å². The number of hydrogen-bond donors (Lipinski definition) is 3. The molecule has 4 N–H and O–H groups in total. The van der Waals surface area contributed by atoms with Crippen LogP contribution in [0.25, 0.3) is 0 Å². The predicted octanol–water partition coefficient (Wildman–Crippen LogP) is 4.48. The van der Waals surface area contributed by atoms with Gasteiger partial charge in [0.25, 0.3) is 10.1 Å². The number of unbranched alkanes of at least 4 members (excludes halogenated alkanes) is 1. The van der Waals surface area contributed by atoms with Crippen LogP contribution in [-0.4, -0.2) is 47.6 Å². The number of carboxylic acid groups (broad SMARTS) is 1. The minimum Gasteiger partial charge on any atom is -0.480 e. The summed E-state index contributed by atoms with van der Waals surface area (Å²) in [7, 11) is -3.88. The van der Waals surface area contributed by atoms with Crippen LogP contribution in [0.2, 0.25) is 0 Å². The van der Waals surface area contributed by atoms with Crippen molar-refractivity contribution < 1.29 is 32.4 Å². The van der Waals surface area contributed by atoms with E-state index in [4.69, 9.17) is 15.0 Å². The van der Waals surface area contributed by atoms with Gasteiger partial charge in [0.1, 0.15) is 18.4 Å². The minimum absolute atomic E-state index is 0.0973. The average Bonchev–Trinajstić information content (AvgIpc) is 2.90. The van der Waals surface area contributed by atoms with E-state index in [1.807, 2.05) is 60.7 Å². The number of rotatable bonds is 12. The lowest BCUT2D eigenvalue weighted by molar-refractivity contribution is -0.143. The van der Waals surface area contributed by atoms with E-state index in [-0.39, 0.29) is 18.9 Å². The van der Waals surface area contributed by atoms with Crippen LogP contribution in [0.3, 0.4) is 0 Å². The molecule has 38 heavy (non-hydrogen) atoms. The number of ether oxygens (including phenoxy) is 1. The first-order valence-corrected chi connectivity index (χ1v) is 13.7. The monoisotopic (exact) mass is 542 g/mol. The third-order valence-corrected chi connectivity index (χ3v) is 6.12. The van der Waals surface area contributed by atoms with Gasteiger partial charge in [0.15, 0.2) is 0 Å². The molecule has 3 aromatic rings. The van der Waals surface area contributed by atoms with Crippen molar-refractivity contribution in [1.29, 1.82) is 0 Å². The van der Waals surface area contributed by atoms with Crippen molar-refractivity contribution >= 4 is 22.2 Å². The molecule has 0 unspecified atom stereocenters. The van der Waals surface area contributed by atoms with Gasteiger partial charge in [-0.15, -0.1) is 0 Å². The molecule has 0 spiro atoms. The summed E-state index contributed by atoms with van der Waals surface area (Å²) in [5, 5.41) is 9.67. The molecule has 1 atom stereocenters. The molecule has 0 fully saturated rings. The van der Waals surface area contributed by atoms with E-state index in [9.17, 15) is 23.1 Å². The van der Waals surface area contributed by atoms with Crippen LogP contribution in [0.5, 0.6) is 0 Å². The van der Waals surface area contributed by atoms with Gasteiger partial charge in [0, 0.05) is 6.54 Å². The summed E-state index contributed by atoms with van der Waals surface area (Å²) in [6.45, 7) is 0.762. The Balaban J connectivity index is 0.000000384. The quantitative estimate of drug-likeness (QED) is 0.224. The van der Waals surface area contributed by atoms with Crippen LogP contribution in [0.4, 0.5) is 4.79 Å². The molecule has 3 aromatic carbocycles. The van der Waals surface area contributed by atoms with Crippen molar-refractivity contribution in [1.82, 2.24) is 4.90 Å². The minimum atomic E-state index is -3.88. The van der Waals surface area contributed by atoms with E-state index in [2.05, 4.69) is 0 Å². The Kier molecular flexibility index (Phi) is 13.0. The zero-order valence-electron chi connectivity index (χ0n) is 21.1. The van der Waals surface area contributed by atoms with Gasteiger partial charge in [-0.1, -0.05) is 91.0 Å². The Labute approximate surface area is 223 Å². The fraction of sp³-hybridized carbons (Fsp3) is 0.286. The number of amides is 1. The molecule has 0 bridgehead atoms. The van der Waals surface area contributed by atoms with Crippen LogP contribution < -0.4 is 5.73 Å². The van der Waals surface area contributed by atoms with Gasteiger partial charge in [-0.25, -0.2) is 9.59 Å².